The molecule has 0 saturated heterocycles. The van der Waals surface area contributed by atoms with E-state index in [2.05, 4.69) is 14.9 Å². The Morgan fingerprint density at radius 1 is 1.53 bits per heavy atom. The van der Waals surface area contributed by atoms with Crippen molar-refractivity contribution in [1.29, 1.82) is 0 Å². The predicted octanol–water partition coefficient (Wildman–Crippen LogP) is 2.35. The molecule has 0 unspecified atom stereocenters. The Hall–Kier alpha value is -2.15. The molecule has 1 aromatic heterocycles. The van der Waals surface area contributed by atoms with E-state index in [1.807, 2.05) is 19.1 Å². The van der Waals surface area contributed by atoms with E-state index >= 15 is 0 Å². The Bertz CT molecular complexity index is 597. The number of esters is 1. The van der Waals surface area contributed by atoms with E-state index in [0.717, 1.165) is 22.8 Å². The highest BCUT2D eigenvalue weighted by Gasteiger charge is 2.18. The van der Waals surface area contributed by atoms with Crippen LogP contribution < -0.4 is 11.1 Å². The van der Waals surface area contributed by atoms with Gasteiger partial charge in [-0.25, -0.2) is 4.79 Å². The van der Waals surface area contributed by atoms with Gasteiger partial charge in [-0.15, -0.1) is 5.10 Å². The summed E-state index contributed by atoms with van der Waals surface area (Å²) in [7, 11) is 0. The number of hydrogen-bond acceptors (Lipinski definition) is 7. The minimum absolute atomic E-state index is 0.174. The minimum Gasteiger partial charge on any atom is -0.461 e. The first-order valence-corrected chi connectivity index (χ1v) is 6.51. The molecule has 0 bridgehead atoms. The molecule has 1 aromatic carbocycles. The highest BCUT2D eigenvalue weighted by Crippen LogP contribution is 2.28. The monoisotopic (exact) mass is 278 g/mol. The van der Waals surface area contributed by atoms with Gasteiger partial charge in [-0.1, -0.05) is 10.6 Å². The zero-order valence-corrected chi connectivity index (χ0v) is 11.5. The van der Waals surface area contributed by atoms with Crippen LogP contribution in [0.25, 0.3) is 0 Å². The second-order valence-corrected chi connectivity index (χ2v) is 4.64. The van der Waals surface area contributed by atoms with Crippen LogP contribution in [-0.2, 0) is 4.74 Å². The molecule has 0 amide bonds. The largest absolute Gasteiger partial charge is 0.461 e. The lowest BCUT2D eigenvalue weighted by molar-refractivity contribution is 0.0520. The standard InChI is InChI=1S/C12H14N4O2S/c1-3-18-12(17)10-11(19-16-15-10)14-9-6-7(2)4-5-8(9)13/h4-6,14H,3,13H2,1-2H3. The first-order chi connectivity index (χ1) is 9.11. The summed E-state index contributed by atoms with van der Waals surface area (Å²) in [4.78, 5) is 11.7. The summed E-state index contributed by atoms with van der Waals surface area (Å²) < 4.78 is 8.67. The van der Waals surface area contributed by atoms with E-state index in [9.17, 15) is 4.79 Å². The molecule has 0 aliphatic heterocycles. The molecule has 1 heterocycles. The van der Waals surface area contributed by atoms with Crippen LogP contribution in [-0.4, -0.2) is 22.2 Å². The first-order valence-electron chi connectivity index (χ1n) is 5.74. The second kappa shape index (κ2) is 5.66. The molecule has 100 valence electrons. The molecule has 0 saturated carbocycles. The lowest BCUT2D eigenvalue weighted by atomic mass is 10.2. The molecule has 19 heavy (non-hydrogen) atoms. The molecule has 0 aliphatic rings. The Morgan fingerprint density at radius 3 is 3.05 bits per heavy atom. The fourth-order valence-electron chi connectivity index (χ4n) is 1.51. The van der Waals surface area contributed by atoms with Crippen LogP contribution in [0.3, 0.4) is 0 Å². The average Bonchev–Trinajstić information content (AvgIpc) is 2.82. The van der Waals surface area contributed by atoms with Crippen molar-refractivity contribution < 1.29 is 9.53 Å². The van der Waals surface area contributed by atoms with Crippen LogP contribution in [0.15, 0.2) is 18.2 Å². The quantitative estimate of drug-likeness (QED) is 0.659. The molecule has 0 spiro atoms. The number of rotatable bonds is 4. The molecule has 2 rings (SSSR count). The van der Waals surface area contributed by atoms with Crippen molar-refractivity contribution >= 4 is 33.9 Å². The molecule has 3 N–H and O–H groups in total. The van der Waals surface area contributed by atoms with Crippen molar-refractivity contribution in [1.82, 2.24) is 9.59 Å². The number of carbonyl (C=O) groups excluding carboxylic acids is 1. The molecule has 7 heteroatoms. The second-order valence-electron chi connectivity index (χ2n) is 3.89. The fourth-order valence-corrected chi connectivity index (χ4v) is 2.08. The number of ether oxygens (including phenoxy) is 1. The van der Waals surface area contributed by atoms with Crippen LogP contribution in [0.4, 0.5) is 16.4 Å². The topological polar surface area (TPSA) is 90.1 Å². The molecular formula is C12H14N4O2S. The van der Waals surface area contributed by atoms with E-state index in [-0.39, 0.29) is 5.69 Å². The van der Waals surface area contributed by atoms with Crippen LogP contribution in [0.1, 0.15) is 23.0 Å². The number of aromatic nitrogens is 2. The molecule has 0 atom stereocenters. The number of anilines is 3. The van der Waals surface area contributed by atoms with Crippen molar-refractivity contribution in [3.05, 3.63) is 29.5 Å². The zero-order chi connectivity index (χ0) is 13.8. The number of aryl methyl sites for hydroxylation is 1. The maximum atomic E-state index is 11.7. The third-order valence-corrected chi connectivity index (χ3v) is 3.06. The van der Waals surface area contributed by atoms with E-state index in [4.69, 9.17) is 10.5 Å². The van der Waals surface area contributed by atoms with Crippen LogP contribution in [0.5, 0.6) is 0 Å². The maximum Gasteiger partial charge on any atom is 0.362 e. The van der Waals surface area contributed by atoms with Gasteiger partial charge in [-0.3, -0.25) is 0 Å². The summed E-state index contributed by atoms with van der Waals surface area (Å²) in [6.07, 6.45) is 0. The zero-order valence-electron chi connectivity index (χ0n) is 10.6. The smallest absolute Gasteiger partial charge is 0.362 e. The SMILES string of the molecule is CCOC(=O)c1nnsc1Nc1cc(C)ccc1N. The van der Waals surface area contributed by atoms with Crippen molar-refractivity contribution in [2.45, 2.75) is 13.8 Å². The molecular weight excluding hydrogens is 264 g/mol. The van der Waals surface area contributed by atoms with Crippen molar-refractivity contribution in [3.63, 3.8) is 0 Å². The Morgan fingerprint density at radius 2 is 2.32 bits per heavy atom. The summed E-state index contributed by atoms with van der Waals surface area (Å²) >= 11 is 1.08. The van der Waals surface area contributed by atoms with Gasteiger partial charge in [-0.05, 0) is 31.5 Å². The summed E-state index contributed by atoms with van der Waals surface area (Å²) in [6, 6.07) is 5.61. The van der Waals surface area contributed by atoms with Crippen LogP contribution in [0.2, 0.25) is 0 Å². The molecule has 2 aromatic rings. The summed E-state index contributed by atoms with van der Waals surface area (Å²) in [6.45, 7) is 3.99. The van der Waals surface area contributed by atoms with Crippen LogP contribution in [0, 0.1) is 6.92 Å². The molecule has 0 fully saturated rings. The van der Waals surface area contributed by atoms with Crippen molar-refractivity contribution in [2.24, 2.45) is 0 Å². The van der Waals surface area contributed by atoms with Gasteiger partial charge >= 0.3 is 5.97 Å². The van der Waals surface area contributed by atoms with Crippen LogP contribution >= 0.6 is 11.5 Å². The van der Waals surface area contributed by atoms with Gasteiger partial charge in [0.2, 0.25) is 5.69 Å². The number of carbonyl (C=O) groups is 1. The average molecular weight is 278 g/mol. The normalized spacial score (nSPS) is 10.2. The van der Waals surface area contributed by atoms with Gasteiger partial charge in [0, 0.05) is 11.5 Å². The predicted molar refractivity (Wildman–Crippen MR) is 74.7 cm³/mol. The van der Waals surface area contributed by atoms with Gasteiger partial charge in [-0.2, -0.15) is 0 Å². The molecule has 0 aliphatic carbocycles. The van der Waals surface area contributed by atoms with Gasteiger partial charge in [0.1, 0.15) is 5.00 Å². The van der Waals surface area contributed by atoms with E-state index in [0.29, 0.717) is 17.3 Å². The van der Waals surface area contributed by atoms with E-state index in [1.165, 1.54) is 0 Å². The fraction of sp³-hybridized carbons (Fsp3) is 0.250. The molecule has 6 nitrogen and oxygen atoms in total. The van der Waals surface area contributed by atoms with Gasteiger partial charge in [0.05, 0.1) is 18.0 Å². The van der Waals surface area contributed by atoms with Crippen molar-refractivity contribution in [2.75, 3.05) is 17.7 Å². The highest BCUT2D eigenvalue weighted by molar-refractivity contribution is 7.10. The maximum absolute atomic E-state index is 11.7. The molecule has 0 radical (unpaired) electrons. The Balaban J connectivity index is 2.26. The van der Waals surface area contributed by atoms with Gasteiger partial charge < -0.3 is 15.8 Å². The number of nitrogens with zero attached hydrogens (tertiary/aromatic N) is 2. The summed E-state index contributed by atoms with van der Waals surface area (Å²) in [5.74, 6) is -0.495. The number of nitrogen functional groups attached to an aromatic ring is 1. The van der Waals surface area contributed by atoms with E-state index < -0.39 is 5.97 Å². The highest BCUT2D eigenvalue weighted by atomic mass is 32.1. The summed E-state index contributed by atoms with van der Waals surface area (Å²) in [5, 5.41) is 7.37. The van der Waals surface area contributed by atoms with Gasteiger partial charge in [0.15, 0.2) is 0 Å². The Kier molecular flexibility index (Phi) is 3.96. The third-order valence-electron chi connectivity index (χ3n) is 2.41. The number of benzene rings is 1. The lowest BCUT2D eigenvalue weighted by Gasteiger charge is -2.08. The first kappa shape index (κ1) is 13.3. The number of nitrogens with two attached hydrogens (primary N) is 1. The summed E-state index contributed by atoms with van der Waals surface area (Å²) in [5.41, 5.74) is 8.42. The van der Waals surface area contributed by atoms with E-state index in [1.54, 1.807) is 13.0 Å². The number of nitrogens with one attached hydrogen (secondary N) is 1. The Labute approximate surface area is 114 Å². The minimum atomic E-state index is -0.495. The lowest BCUT2D eigenvalue weighted by Crippen LogP contribution is -2.08. The third kappa shape index (κ3) is 3.00. The van der Waals surface area contributed by atoms with Crippen molar-refractivity contribution in [3.8, 4) is 0 Å². The number of hydrogen-bond donors (Lipinski definition) is 2. The van der Waals surface area contributed by atoms with Gasteiger partial charge in [0.25, 0.3) is 0 Å².